The molecule has 0 N–H and O–H groups in total. The second kappa shape index (κ2) is 7.55. The van der Waals surface area contributed by atoms with Crippen LogP contribution in [0.3, 0.4) is 0 Å². The van der Waals surface area contributed by atoms with Crippen molar-refractivity contribution in [2.24, 2.45) is 0 Å². The van der Waals surface area contributed by atoms with Crippen LogP contribution in [0.4, 0.5) is 0 Å². The van der Waals surface area contributed by atoms with Gasteiger partial charge in [0.05, 0.1) is 18.2 Å². The van der Waals surface area contributed by atoms with Crippen LogP contribution in [0.25, 0.3) is 0 Å². The molecule has 1 aromatic heterocycles. The molecule has 0 saturated heterocycles. The van der Waals surface area contributed by atoms with Crippen molar-refractivity contribution in [1.29, 1.82) is 0 Å². The first-order valence-corrected chi connectivity index (χ1v) is 8.21. The predicted molar refractivity (Wildman–Crippen MR) is 88.4 cm³/mol. The van der Waals surface area contributed by atoms with E-state index in [1.807, 2.05) is 41.2 Å². The van der Waals surface area contributed by atoms with Crippen LogP contribution >= 0.6 is 15.9 Å². The summed E-state index contributed by atoms with van der Waals surface area (Å²) >= 11 is 3.43. The fourth-order valence-electron chi connectivity index (χ4n) is 2.48. The van der Waals surface area contributed by atoms with Crippen molar-refractivity contribution in [3.8, 4) is 0 Å². The molecule has 2 rings (SSSR count). The average Bonchev–Trinajstić information content (AvgIpc) is 2.88. The molecule has 0 unspecified atom stereocenters. The molecule has 1 heterocycles. The molecule has 112 valence electrons. The fourth-order valence-corrected chi connectivity index (χ4v) is 2.92. The summed E-state index contributed by atoms with van der Waals surface area (Å²) in [5.74, 6) is 0.197. The number of aromatic nitrogens is 2. The molecular formula is C17H21BrN2O. The van der Waals surface area contributed by atoms with E-state index in [0.717, 1.165) is 28.6 Å². The maximum absolute atomic E-state index is 12.1. The Morgan fingerprint density at radius 2 is 2.00 bits per heavy atom. The monoisotopic (exact) mass is 348 g/mol. The lowest BCUT2D eigenvalue weighted by atomic mass is 10.1. The minimum Gasteiger partial charge on any atom is -0.299 e. The van der Waals surface area contributed by atoms with Crippen molar-refractivity contribution in [2.45, 2.75) is 45.6 Å². The Labute approximate surface area is 134 Å². The van der Waals surface area contributed by atoms with Crippen molar-refractivity contribution in [1.82, 2.24) is 9.78 Å². The molecule has 0 aliphatic heterocycles. The van der Waals surface area contributed by atoms with E-state index >= 15 is 0 Å². The third kappa shape index (κ3) is 4.53. The van der Waals surface area contributed by atoms with E-state index in [1.54, 1.807) is 0 Å². The number of benzene rings is 1. The standard InChI is InChI=1S/C17H21BrN2O/c1-3-16(4-2)20-9-8-15(19-20)12-17(21)11-13-6-5-7-14(18)10-13/h5-10,16H,3-4,11-12H2,1-2H3. The maximum atomic E-state index is 12.1. The minimum absolute atomic E-state index is 0.197. The van der Waals surface area contributed by atoms with Gasteiger partial charge < -0.3 is 0 Å². The van der Waals surface area contributed by atoms with Gasteiger partial charge in [0.15, 0.2) is 0 Å². The molecular weight excluding hydrogens is 328 g/mol. The maximum Gasteiger partial charge on any atom is 0.143 e. The number of carbonyl (C=O) groups is 1. The highest BCUT2D eigenvalue weighted by Crippen LogP contribution is 2.16. The van der Waals surface area contributed by atoms with Gasteiger partial charge in [0.2, 0.25) is 0 Å². The SMILES string of the molecule is CCC(CC)n1ccc(CC(=O)Cc2cccc(Br)c2)n1. The molecule has 0 radical (unpaired) electrons. The first kappa shape index (κ1) is 16.0. The number of nitrogens with zero attached hydrogens (tertiary/aromatic N) is 2. The third-order valence-electron chi connectivity index (χ3n) is 3.65. The predicted octanol–water partition coefficient (Wildman–Crippen LogP) is 4.36. The van der Waals surface area contributed by atoms with E-state index in [4.69, 9.17) is 0 Å². The first-order valence-electron chi connectivity index (χ1n) is 7.42. The van der Waals surface area contributed by atoms with Gasteiger partial charge in [-0.05, 0) is 36.6 Å². The summed E-state index contributed by atoms with van der Waals surface area (Å²) in [5, 5.41) is 4.54. The third-order valence-corrected chi connectivity index (χ3v) is 4.14. The van der Waals surface area contributed by atoms with Crippen molar-refractivity contribution in [2.75, 3.05) is 0 Å². The summed E-state index contributed by atoms with van der Waals surface area (Å²) in [7, 11) is 0. The van der Waals surface area contributed by atoms with Crippen LogP contribution in [0.1, 0.15) is 44.0 Å². The van der Waals surface area contributed by atoms with Gasteiger partial charge in [-0.1, -0.05) is 41.9 Å². The molecule has 0 spiro atoms. The minimum atomic E-state index is 0.197. The number of hydrogen-bond acceptors (Lipinski definition) is 2. The fraction of sp³-hybridized carbons (Fsp3) is 0.412. The van der Waals surface area contributed by atoms with Crippen LogP contribution in [0, 0.1) is 0 Å². The highest BCUT2D eigenvalue weighted by atomic mass is 79.9. The Morgan fingerprint density at radius 3 is 2.67 bits per heavy atom. The van der Waals surface area contributed by atoms with Gasteiger partial charge in [-0.25, -0.2) is 0 Å². The van der Waals surface area contributed by atoms with Crippen LogP contribution < -0.4 is 0 Å². The number of hydrogen-bond donors (Lipinski definition) is 0. The second-order valence-electron chi connectivity index (χ2n) is 5.28. The number of rotatable bonds is 7. The van der Waals surface area contributed by atoms with Crippen LogP contribution in [-0.2, 0) is 17.6 Å². The summed E-state index contributed by atoms with van der Waals surface area (Å²) in [5.41, 5.74) is 1.90. The molecule has 0 fully saturated rings. The van der Waals surface area contributed by atoms with E-state index < -0.39 is 0 Å². The van der Waals surface area contributed by atoms with E-state index in [-0.39, 0.29) is 5.78 Å². The van der Waals surface area contributed by atoms with Gasteiger partial charge in [0.1, 0.15) is 5.78 Å². The molecule has 2 aromatic rings. The molecule has 0 aliphatic carbocycles. The van der Waals surface area contributed by atoms with Crippen molar-refractivity contribution in [3.63, 3.8) is 0 Å². The van der Waals surface area contributed by atoms with Gasteiger partial charge in [-0.15, -0.1) is 0 Å². The van der Waals surface area contributed by atoms with Crippen molar-refractivity contribution < 1.29 is 4.79 Å². The number of halogens is 1. The van der Waals surface area contributed by atoms with Crippen molar-refractivity contribution >= 4 is 21.7 Å². The summed E-state index contributed by atoms with van der Waals surface area (Å²) in [6.07, 6.45) is 4.96. The molecule has 4 heteroatoms. The first-order chi connectivity index (χ1) is 10.1. The molecule has 0 atom stereocenters. The van der Waals surface area contributed by atoms with Crippen LogP contribution in [0.15, 0.2) is 41.0 Å². The van der Waals surface area contributed by atoms with Crippen LogP contribution in [0.5, 0.6) is 0 Å². The topological polar surface area (TPSA) is 34.9 Å². The normalized spacial score (nSPS) is 11.0. The lowest BCUT2D eigenvalue weighted by molar-refractivity contribution is -0.117. The quantitative estimate of drug-likeness (QED) is 0.744. The Bertz CT molecular complexity index is 602. The summed E-state index contributed by atoms with van der Waals surface area (Å²) in [4.78, 5) is 12.1. The zero-order valence-corrected chi connectivity index (χ0v) is 14.1. The highest BCUT2D eigenvalue weighted by Gasteiger charge is 2.11. The van der Waals surface area contributed by atoms with E-state index in [1.165, 1.54) is 0 Å². The molecule has 1 aromatic carbocycles. The van der Waals surface area contributed by atoms with Gasteiger partial charge in [0, 0.05) is 17.1 Å². The van der Waals surface area contributed by atoms with Crippen LogP contribution in [0.2, 0.25) is 0 Å². The van der Waals surface area contributed by atoms with Crippen LogP contribution in [-0.4, -0.2) is 15.6 Å². The zero-order valence-electron chi connectivity index (χ0n) is 12.6. The second-order valence-corrected chi connectivity index (χ2v) is 6.20. The molecule has 0 aliphatic rings. The van der Waals surface area contributed by atoms with E-state index in [2.05, 4.69) is 34.9 Å². The average molecular weight is 349 g/mol. The molecule has 0 bridgehead atoms. The van der Waals surface area contributed by atoms with Gasteiger partial charge in [-0.2, -0.15) is 5.10 Å². The van der Waals surface area contributed by atoms with Gasteiger partial charge >= 0.3 is 0 Å². The Kier molecular flexibility index (Phi) is 5.74. The van der Waals surface area contributed by atoms with Gasteiger partial charge in [-0.3, -0.25) is 9.48 Å². The Hall–Kier alpha value is -1.42. The molecule has 3 nitrogen and oxygen atoms in total. The van der Waals surface area contributed by atoms with E-state index in [0.29, 0.717) is 18.9 Å². The molecule has 21 heavy (non-hydrogen) atoms. The number of Topliss-reactive ketones (excluding diaryl/α,β-unsaturated/α-hetero) is 1. The summed E-state index contributed by atoms with van der Waals surface area (Å²) < 4.78 is 2.99. The molecule has 0 amide bonds. The van der Waals surface area contributed by atoms with Crippen molar-refractivity contribution in [3.05, 3.63) is 52.3 Å². The largest absolute Gasteiger partial charge is 0.299 e. The number of ketones is 1. The highest BCUT2D eigenvalue weighted by molar-refractivity contribution is 9.10. The summed E-state index contributed by atoms with van der Waals surface area (Å²) in [6, 6.07) is 10.3. The van der Waals surface area contributed by atoms with Gasteiger partial charge in [0.25, 0.3) is 0 Å². The lowest BCUT2D eigenvalue weighted by Crippen LogP contribution is -2.10. The molecule has 0 saturated carbocycles. The summed E-state index contributed by atoms with van der Waals surface area (Å²) in [6.45, 7) is 4.32. The Morgan fingerprint density at radius 1 is 1.24 bits per heavy atom. The Balaban J connectivity index is 1.97. The number of carbonyl (C=O) groups excluding carboxylic acids is 1. The zero-order chi connectivity index (χ0) is 15.2. The lowest BCUT2D eigenvalue weighted by Gasteiger charge is -2.12. The van der Waals surface area contributed by atoms with E-state index in [9.17, 15) is 4.79 Å². The smallest absolute Gasteiger partial charge is 0.143 e.